The van der Waals surface area contributed by atoms with E-state index >= 15 is 0 Å². The fraction of sp³-hybridized carbons (Fsp3) is 0.520. The number of hydrogen-bond donors (Lipinski definition) is 1. The Bertz CT molecular complexity index is 1130. The lowest BCUT2D eigenvalue weighted by atomic mass is 9.65. The molecular formula is C25H28O10. The van der Waals surface area contributed by atoms with Gasteiger partial charge in [-0.05, 0) is 39.7 Å². The van der Waals surface area contributed by atoms with E-state index < -0.39 is 59.0 Å². The minimum Gasteiger partial charge on any atom is -0.461 e. The molecule has 0 saturated carbocycles. The summed E-state index contributed by atoms with van der Waals surface area (Å²) < 4.78 is 28.5. The van der Waals surface area contributed by atoms with Crippen LogP contribution in [0.5, 0.6) is 0 Å². The first-order chi connectivity index (χ1) is 16.2. The predicted octanol–water partition coefficient (Wildman–Crippen LogP) is 1.72. The van der Waals surface area contributed by atoms with Gasteiger partial charge >= 0.3 is 23.9 Å². The summed E-state index contributed by atoms with van der Waals surface area (Å²) in [6.45, 7) is 13.1. The third-order valence-corrected chi connectivity index (χ3v) is 7.16. The summed E-state index contributed by atoms with van der Waals surface area (Å²) in [5.74, 6) is -3.04. The molecule has 0 unspecified atom stereocenters. The van der Waals surface area contributed by atoms with E-state index in [1.165, 1.54) is 19.9 Å². The maximum absolute atomic E-state index is 12.9. The molecule has 0 aromatic carbocycles. The van der Waals surface area contributed by atoms with Crippen LogP contribution in [0.4, 0.5) is 0 Å². The Hall–Kier alpha value is -3.24. The first-order valence-electron chi connectivity index (χ1n) is 11.2. The molecule has 0 aromatic rings. The Labute approximate surface area is 202 Å². The third-order valence-electron chi connectivity index (χ3n) is 7.16. The Kier molecular flexibility index (Phi) is 5.61. The van der Waals surface area contributed by atoms with Gasteiger partial charge in [0.25, 0.3) is 0 Å². The highest BCUT2D eigenvalue weighted by molar-refractivity contribution is 5.98. The van der Waals surface area contributed by atoms with E-state index in [0.29, 0.717) is 0 Å². The van der Waals surface area contributed by atoms with Gasteiger partial charge in [0.2, 0.25) is 0 Å². The fourth-order valence-electron chi connectivity index (χ4n) is 5.31. The molecule has 188 valence electrons. The quantitative estimate of drug-likeness (QED) is 0.354. The van der Waals surface area contributed by atoms with Gasteiger partial charge in [0.15, 0.2) is 5.60 Å². The number of rotatable bonds is 4. The van der Waals surface area contributed by atoms with Crippen molar-refractivity contribution in [3.63, 3.8) is 0 Å². The van der Waals surface area contributed by atoms with Crippen molar-refractivity contribution in [1.82, 2.24) is 0 Å². The number of ether oxygens (including phenoxy) is 5. The second-order valence-electron chi connectivity index (χ2n) is 9.70. The van der Waals surface area contributed by atoms with Crippen LogP contribution in [-0.4, -0.2) is 64.1 Å². The molecule has 4 aliphatic rings. The molecule has 0 amide bonds. The summed E-state index contributed by atoms with van der Waals surface area (Å²) in [4.78, 5) is 49.7. The largest absolute Gasteiger partial charge is 0.461 e. The molecule has 0 aromatic heterocycles. The van der Waals surface area contributed by atoms with Gasteiger partial charge in [0.1, 0.15) is 29.7 Å². The van der Waals surface area contributed by atoms with E-state index in [0.717, 1.165) is 0 Å². The van der Waals surface area contributed by atoms with Gasteiger partial charge in [-0.2, -0.15) is 0 Å². The van der Waals surface area contributed by atoms with Crippen LogP contribution in [0.2, 0.25) is 0 Å². The maximum atomic E-state index is 12.9. The monoisotopic (exact) mass is 488 g/mol. The van der Waals surface area contributed by atoms with Gasteiger partial charge in [-0.15, -0.1) is 0 Å². The summed E-state index contributed by atoms with van der Waals surface area (Å²) in [6.07, 6.45) is 1.91. The van der Waals surface area contributed by atoms with Crippen molar-refractivity contribution < 1.29 is 48.0 Å². The molecule has 5 atom stereocenters. The van der Waals surface area contributed by atoms with Crippen LogP contribution in [0, 0.1) is 0 Å². The van der Waals surface area contributed by atoms with Crippen molar-refractivity contribution >= 4 is 23.9 Å². The molecule has 3 fully saturated rings. The Morgan fingerprint density at radius 3 is 2.57 bits per heavy atom. The highest BCUT2D eigenvalue weighted by Gasteiger charge is 2.75. The van der Waals surface area contributed by atoms with Crippen molar-refractivity contribution in [2.24, 2.45) is 0 Å². The highest BCUT2D eigenvalue weighted by Crippen LogP contribution is 2.61. The molecule has 2 bridgehead atoms. The SMILES string of the molecule is C=C(COC(C)=O)C(=O)O[C@H]1C[C@@]2(C)OC(=O)/C(=C\C)[C@]23CC[C@@](C)(O)C=C2OC(=O)C(=C)[C@@]21O3. The Morgan fingerprint density at radius 2 is 1.94 bits per heavy atom. The second kappa shape index (κ2) is 7.89. The van der Waals surface area contributed by atoms with E-state index in [4.69, 9.17) is 23.7 Å². The van der Waals surface area contributed by atoms with Crippen molar-refractivity contribution in [3.05, 3.63) is 47.8 Å². The average molecular weight is 488 g/mol. The van der Waals surface area contributed by atoms with E-state index in [2.05, 4.69) is 13.2 Å². The zero-order valence-electron chi connectivity index (χ0n) is 20.1. The van der Waals surface area contributed by atoms with Crippen LogP contribution in [0.15, 0.2) is 47.8 Å². The van der Waals surface area contributed by atoms with Gasteiger partial charge in [0, 0.05) is 13.3 Å². The molecule has 0 aliphatic carbocycles. The maximum Gasteiger partial charge on any atom is 0.342 e. The van der Waals surface area contributed by atoms with Crippen LogP contribution < -0.4 is 0 Å². The molecule has 3 saturated heterocycles. The number of allylic oxidation sites excluding steroid dienone is 1. The normalized spacial score (nSPS) is 38.9. The summed E-state index contributed by atoms with van der Waals surface area (Å²) in [5, 5.41) is 11.1. The minimum atomic E-state index is -1.83. The fourth-order valence-corrected chi connectivity index (χ4v) is 5.31. The summed E-state index contributed by atoms with van der Waals surface area (Å²) in [5.41, 5.74) is -6.08. The molecule has 0 radical (unpaired) electrons. The van der Waals surface area contributed by atoms with Crippen LogP contribution in [0.25, 0.3) is 0 Å². The number of aliphatic hydroxyl groups is 1. The van der Waals surface area contributed by atoms with Crippen molar-refractivity contribution in [2.45, 2.75) is 75.5 Å². The van der Waals surface area contributed by atoms with E-state index in [9.17, 15) is 24.3 Å². The van der Waals surface area contributed by atoms with Gasteiger partial charge in [-0.25, -0.2) is 14.4 Å². The first kappa shape index (κ1) is 24.9. The van der Waals surface area contributed by atoms with Gasteiger partial charge in [0.05, 0.1) is 22.3 Å². The molecular weight excluding hydrogens is 460 g/mol. The van der Waals surface area contributed by atoms with E-state index in [1.807, 2.05) is 0 Å². The lowest BCUT2D eigenvalue weighted by Crippen LogP contribution is -2.68. The number of hydrogen-bond acceptors (Lipinski definition) is 10. The van der Waals surface area contributed by atoms with Crippen LogP contribution in [-0.2, 0) is 42.9 Å². The van der Waals surface area contributed by atoms with Crippen LogP contribution in [0.1, 0.15) is 47.0 Å². The molecule has 35 heavy (non-hydrogen) atoms. The molecule has 10 heteroatoms. The summed E-state index contributed by atoms with van der Waals surface area (Å²) >= 11 is 0. The Morgan fingerprint density at radius 1 is 1.26 bits per heavy atom. The summed E-state index contributed by atoms with van der Waals surface area (Å²) in [6, 6.07) is 0. The van der Waals surface area contributed by atoms with Crippen molar-refractivity contribution in [3.8, 4) is 0 Å². The van der Waals surface area contributed by atoms with E-state index in [1.54, 1.807) is 19.9 Å². The van der Waals surface area contributed by atoms with Gasteiger partial charge < -0.3 is 28.8 Å². The number of carbonyl (C=O) groups excluding carboxylic acids is 4. The van der Waals surface area contributed by atoms with E-state index in [-0.39, 0.29) is 41.7 Å². The molecule has 1 N–H and O–H groups in total. The zero-order chi connectivity index (χ0) is 26.0. The number of carbonyl (C=O) groups is 4. The predicted molar refractivity (Wildman–Crippen MR) is 118 cm³/mol. The number of esters is 4. The average Bonchev–Trinajstić information content (AvgIpc) is 3.11. The van der Waals surface area contributed by atoms with Crippen molar-refractivity contribution in [1.29, 1.82) is 0 Å². The standard InChI is InChI=1S/C25H28O10/c1-7-16-21(29)34-23(6)11-18(32-19(27)13(2)12-31-15(4)26)25-14(3)20(28)33-17(25)10-22(5,30)8-9-24(16,23)35-25/h7,10,18,30H,2-3,8-9,11-12H2,1,4-6H3/b16-7+,17-10?/t18-,22+,23+,24+,25+/m0/s1. The topological polar surface area (TPSA) is 135 Å². The first-order valence-corrected chi connectivity index (χ1v) is 11.2. The van der Waals surface area contributed by atoms with Crippen LogP contribution >= 0.6 is 0 Å². The molecule has 2 spiro atoms. The van der Waals surface area contributed by atoms with Crippen molar-refractivity contribution in [2.75, 3.05) is 6.61 Å². The zero-order valence-corrected chi connectivity index (χ0v) is 20.1. The van der Waals surface area contributed by atoms with Gasteiger partial charge in [-0.1, -0.05) is 19.2 Å². The Balaban J connectivity index is 1.87. The smallest absolute Gasteiger partial charge is 0.342 e. The molecule has 4 heterocycles. The molecule has 4 aliphatic heterocycles. The lowest BCUT2D eigenvalue weighted by Gasteiger charge is -2.55. The molecule has 4 rings (SSSR count). The van der Waals surface area contributed by atoms with Gasteiger partial charge in [-0.3, -0.25) is 4.79 Å². The minimum absolute atomic E-state index is 0.0716. The highest BCUT2D eigenvalue weighted by atomic mass is 16.7. The summed E-state index contributed by atoms with van der Waals surface area (Å²) in [7, 11) is 0. The second-order valence-corrected chi connectivity index (χ2v) is 9.70. The lowest BCUT2D eigenvalue weighted by molar-refractivity contribution is -0.265. The third kappa shape index (κ3) is 3.54. The molecule has 10 nitrogen and oxygen atoms in total. The van der Waals surface area contributed by atoms with Crippen LogP contribution in [0.3, 0.4) is 0 Å².